The Labute approximate surface area is 186 Å². The third-order valence-corrected chi connectivity index (χ3v) is 6.09. The summed E-state index contributed by atoms with van der Waals surface area (Å²) in [6.07, 6.45) is 0.211. The SMILES string of the molecule is N#CC1CSCN1C(=O)CNC(=O)c1ccnc2ccc(-c3ccc(C(F)F)nc3)cc12. The van der Waals surface area contributed by atoms with E-state index in [0.29, 0.717) is 39.2 Å². The van der Waals surface area contributed by atoms with Gasteiger partial charge in [0.05, 0.1) is 29.6 Å². The zero-order valence-electron chi connectivity index (χ0n) is 16.7. The molecule has 0 spiro atoms. The summed E-state index contributed by atoms with van der Waals surface area (Å²) >= 11 is 1.49. The van der Waals surface area contributed by atoms with Gasteiger partial charge in [-0.3, -0.25) is 19.6 Å². The summed E-state index contributed by atoms with van der Waals surface area (Å²) in [5.41, 5.74) is 1.90. The number of pyridine rings is 2. The van der Waals surface area contributed by atoms with Gasteiger partial charge in [-0.1, -0.05) is 12.1 Å². The van der Waals surface area contributed by atoms with Crippen molar-refractivity contribution in [3.8, 4) is 17.2 Å². The van der Waals surface area contributed by atoms with Crippen LogP contribution in [0.2, 0.25) is 0 Å². The van der Waals surface area contributed by atoms with Crippen LogP contribution in [0.1, 0.15) is 22.5 Å². The molecule has 0 aliphatic carbocycles. The summed E-state index contributed by atoms with van der Waals surface area (Å²) < 4.78 is 25.5. The first-order valence-corrected chi connectivity index (χ1v) is 10.8. The lowest BCUT2D eigenvalue weighted by Crippen LogP contribution is -2.42. The molecule has 1 N–H and O–H groups in total. The van der Waals surface area contributed by atoms with Gasteiger partial charge in [-0.15, -0.1) is 11.8 Å². The van der Waals surface area contributed by atoms with Crippen molar-refractivity contribution in [3.05, 3.63) is 60.0 Å². The topological polar surface area (TPSA) is 99.0 Å². The number of fused-ring (bicyclic) bond motifs is 1. The van der Waals surface area contributed by atoms with Gasteiger partial charge >= 0.3 is 0 Å². The molecule has 3 aromatic rings. The quantitative estimate of drug-likeness (QED) is 0.636. The van der Waals surface area contributed by atoms with E-state index >= 15 is 0 Å². The Bertz CT molecular complexity index is 1210. The van der Waals surface area contributed by atoms with Gasteiger partial charge in [0.2, 0.25) is 5.91 Å². The van der Waals surface area contributed by atoms with E-state index < -0.39 is 18.4 Å². The van der Waals surface area contributed by atoms with Crippen LogP contribution < -0.4 is 5.32 Å². The first-order chi connectivity index (χ1) is 15.5. The lowest BCUT2D eigenvalue weighted by molar-refractivity contribution is -0.129. The van der Waals surface area contributed by atoms with Gasteiger partial charge in [0, 0.05) is 29.1 Å². The molecule has 3 heterocycles. The number of hydrogen-bond acceptors (Lipinski definition) is 6. The van der Waals surface area contributed by atoms with Gasteiger partial charge in [0.15, 0.2) is 0 Å². The van der Waals surface area contributed by atoms with E-state index in [1.165, 1.54) is 35.1 Å². The highest BCUT2D eigenvalue weighted by Gasteiger charge is 2.29. The number of nitriles is 1. The molecule has 1 atom stereocenters. The molecule has 162 valence electrons. The maximum atomic E-state index is 12.8. The predicted molar refractivity (Wildman–Crippen MR) is 116 cm³/mol. The zero-order chi connectivity index (χ0) is 22.7. The molecular weight excluding hydrogens is 436 g/mol. The lowest BCUT2D eigenvalue weighted by atomic mass is 10.0. The number of rotatable bonds is 5. The average molecular weight is 453 g/mol. The number of hydrogen-bond donors (Lipinski definition) is 1. The van der Waals surface area contributed by atoms with Crippen molar-refractivity contribution in [2.45, 2.75) is 12.5 Å². The maximum absolute atomic E-state index is 12.8. The largest absolute Gasteiger partial charge is 0.343 e. The van der Waals surface area contributed by atoms with Crippen LogP contribution in [0.4, 0.5) is 8.78 Å². The fourth-order valence-corrected chi connectivity index (χ4v) is 4.48. The highest BCUT2D eigenvalue weighted by Crippen LogP contribution is 2.27. The number of amides is 2. The molecule has 1 unspecified atom stereocenters. The predicted octanol–water partition coefficient (Wildman–Crippen LogP) is 3.39. The van der Waals surface area contributed by atoms with Crippen LogP contribution in [0.3, 0.4) is 0 Å². The van der Waals surface area contributed by atoms with Crippen molar-refractivity contribution in [3.63, 3.8) is 0 Å². The summed E-state index contributed by atoms with van der Waals surface area (Å²) in [4.78, 5) is 34.7. The van der Waals surface area contributed by atoms with Crippen LogP contribution in [0.15, 0.2) is 48.8 Å². The molecule has 0 bridgehead atoms. The van der Waals surface area contributed by atoms with Gasteiger partial charge in [-0.05, 0) is 29.8 Å². The number of thioether (sulfide) groups is 1. The summed E-state index contributed by atoms with van der Waals surface area (Å²) in [6, 6.07) is 11.2. The number of carbonyl (C=O) groups is 2. The van der Waals surface area contributed by atoms with E-state index in [4.69, 9.17) is 5.26 Å². The van der Waals surface area contributed by atoms with E-state index in [1.807, 2.05) is 0 Å². The summed E-state index contributed by atoms with van der Waals surface area (Å²) in [5.74, 6) is 0.210. The van der Waals surface area contributed by atoms with Crippen LogP contribution in [0, 0.1) is 11.3 Å². The molecule has 1 aromatic carbocycles. The summed E-state index contributed by atoms with van der Waals surface area (Å²) in [6.45, 7) is -0.222. The van der Waals surface area contributed by atoms with Crippen molar-refractivity contribution in [2.75, 3.05) is 18.2 Å². The highest BCUT2D eigenvalue weighted by molar-refractivity contribution is 7.99. The number of nitrogens with one attached hydrogen (secondary N) is 1. The van der Waals surface area contributed by atoms with Crippen LogP contribution >= 0.6 is 11.8 Å². The van der Waals surface area contributed by atoms with Crippen molar-refractivity contribution in [2.24, 2.45) is 0 Å². The van der Waals surface area contributed by atoms with Crippen LogP contribution in [-0.2, 0) is 4.79 Å². The molecule has 0 saturated carbocycles. The number of nitrogens with zero attached hydrogens (tertiary/aromatic N) is 4. The molecule has 2 aromatic heterocycles. The molecule has 1 aliphatic rings. The first kappa shape index (κ1) is 21.6. The standard InChI is InChI=1S/C22H17F2N5O2S/c23-21(24)19-4-2-14(9-27-19)13-1-3-18-17(7-13)16(5-6-26-18)22(31)28-10-20(30)29-12-32-11-15(29)8-25/h1-7,9,15,21H,10-12H2,(H,28,31). The molecule has 1 fully saturated rings. The third kappa shape index (κ3) is 4.38. The Morgan fingerprint density at radius 3 is 2.75 bits per heavy atom. The number of halogens is 2. The van der Waals surface area contributed by atoms with Crippen LogP contribution in [0.25, 0.3) is 22.0 Å². The monoisotopic (exact) mass is 453 g/mol. The average Bonchev–Trinajstić information content (AvgIpc) is 3.30. The molecule has 0 radical (unpaired) electrons. The molecule has 10 heteroatoms. The van der Waals surface area contributed by atoms with E-state index in [1.54, 1.807) is 30.3 Å². The Kier molecular flexibility index (Phi) is 6.28. The van der Waals surface area contributed by atoms with E-state index in [-0.39, 0.29) is 18.1 Å². The second-order valence-electron chi connectivity index (χ2n) is 7.05. The Balaban J connectivity index is 1.56. The molecule has 1 saturated heterocycles. The minimum Gasteiger partial charge on any atom is -0.343 e. The zero-order valence-corrected chi connectivity index (χ0v) is 17.5. The van der Waals surface area contributed by atoms with Gasteiger partial charge < -0.3 is 10.2 Å². The Morgan fingerprint density at radius 1 is 1.22 bits per heavy atom. The molecule has 32 heavy (non-hydrogen) atoms. The van der Waals surface area contributed by atoms with Gasteiger partial charge in [0.25, 0.3) is 12.3 Å². The maximum Gasteiger partial charge on any atom is 0.280 e. The van der Waals surface area contributed by atoms with Crippen molar-refractivity contribution < 1.29 is 18.4 Å². The van der Waals surface area contributed by atoms with Crippen molar-refractivity contribution in [1.82, 2.24) is 20.2 Å². The van der Waals surface area contributed by atoms with Crippen LogP contribution in [-0.4, -0.2) is 50.9 Å². The first-order valence-electron chi connectivity index (χ1n) is 9.66. The number of benzene rings is 1. The van der Waals surface area contributed by atoms with E-state index in [0.717, 1.165) is 0 Å². The molecule has 2 amide bonds. The smallest absolute Gasteiger partial charge is 0.280 e. The number of alkyl halides is 2. The molecule has 4 rings (SSSR count). The second kappa shape index (κ2) is 9.28. The Hall–Kier alpha value is -3.58. The number of aromatic nitrogens is 2. The fraction of sp³-hybridized carbons (Fsp3) is 0.227. The number of carbonyl (C=O) groups excluding carboxylic acids is 2. The molecular formula is C22H17F2N5O2S. The normalized spacial score (nSPS) is 15.7. The fourth-order valence-electron chi connectivity index (χ4n) is 3.38. The van der Waals surface area contributed by atoms with E-state index in [2.05, 4.69) is 21.4 Å². The van der Waals surface area contributed by atoms with Gasteiger partial charge in [0.1, 0.15) is 11.7 Å². The highest BCUT2D eigenvalue weighted by atomic mass is 32.2. The van der Waals surface area contributed by atoms with Crippen molar-refractivity contribution in [1.29, 1.82) is 5.26 Å². The van der Waals surface area contributed by atoms with Crippen LogP contribution in [0.5, 0.6) is 0 Å². The second-order valence-corrected chi connectivity index (χ2v) is 8.05. The Morgan fingerprint density at radius 2 is 2.03 bits per heavy atom. The summed E-state index contributed by atoms with van der Waals surface area (Å²) in [7, 11) is 0. The van der Waals surface area contributed by atoms with Crippen molar-refractivity contribution >= 4 is 34.5 Å². The molecule has 1 aliphatic heterocycles. The molecule has 7 nitrogen and oxygen atoms in total. The van der Waals surface area contributed by atoms with Gasteiger partial charge in [-0.25, -0.2) is 8.78 Å². The minimum absolute atomic E-state index is 0.222. The summed E-state index contributed by atoms with van der Waals surface area (Å²) in [5, 5.41) is 12.3. The van der Waals surface area contributed by atoms with Gasteiger partial charge in [-0.2, -0.15) is 5.26 Å². The minimum atomic E-state index is -2.65. The van der Waals surface area contributed by atoms with E-state index in [9.17, 15) is 18.4 Å². The third-order valence-electron chi connectivity index (χ3n) is 5.08. The lowest BCUT2D eigenvalue weighted by Gasteiger charge is -2.18.